The second-order valence-electron chi connectivity index (χ2n) is 3.39. The number of nitrogens with two attached hydrogens (primary N) is 1. The molecule has 0 aliphatic heterocycles. The van der Waals surface area contributed by atoms with Crippen molar-refractivity contribution in [1.82, 2.24) is 9.97 Å². The summed E-state index contributed by atoms with van der Waals surface area (Å²) >= 11 is 6.04. The van der Waals surface area contributed by atoms with Gasteiger partial charge in [0, 0.05) is 25.0 Å². The van der Waals surface area contributed by atoms with Crippen LogP contribution >= 0.6 is 11.6 Å². The van der Waals surface area contributed by atoms with E-state index in [4.69, 9.17) is 17.3 Å². The molecule has 5 heteroatoms. The Kier molecular flexibility index (Phi) is 3.35. The lowest BCUT2D eigenvalue weighted by Crippen LogP contribution is -1.99. The first-order chi connectivity index (χ1) is 8.22. The summed E-state index contributed by atoms with van der Waals surface area (Å²) in [5.74, 6) is 0.412. The third kappa shape index (κ3) is 2.42. The summed E-state index contributed by atoms with van der Waals surface area (Å²) in [6.45, 7) is 0. The second kappa shape index (κ2) is 4.93. The number of nitrogens with zero attached hydrogens (tertiary/aromatic N) is 3. The van der Waals surface area contributed by atoms with Crippen LogP contribution in [0, 0.1) is 0 Å². The Labute approximate surface area is 104 Å². The number of hydrogen-bond donors (Lipinski definition) is 1. The van der Waals surface area contributed by atoms with Crippen molar-refractivity contribution in [3.63, 3.8) is 0 Å². The van der Waals surface area contributed by atoms with Gasteiger partial charge < -0.3 is 5.73 Å². The van der Waals surface area contributed by atoms with Gasteiger partial charge in [-0.05, 0) is 24.3 Å². The minimum atomic E-state index is 0.412. The minimum absolute atomic E-state index is 0.412. The lowest BCUT2D eigenvalue weighted by atomic mass is 10.2. The molecule has 0 saturated heterocycles. The molecule has 0 amide bonds. The third-order valence-electron chi connectivity index (χ3n) is 2.23. The van der Waals surface area contributed by atoms with Crippen molar-refractivity contribution < 1.29 is 0 Å². The average molecular weight is 247 g/mol. The minimum Gasteiger partial charge on any atom is -0.383 e. The van der Waals surface area contributed by atoms with E-state index in [1.807, 2.05) is 12.1 Å². The monoisotopic (exact) mass is 246 g/mol. The van der Waals surface area contributed by atoms with Crippen LogP contribution in [0.25, 0.3) is 11.4 Å². The van der Waals surface area contributed by atoms with E-state index in [-0.39, 0.29) is 0 Å². The van der Waals surface area contributed by atoms with Crippen molar-refractivity contribution in [3.8, 4) is 11.4 Å². The highest BCUT2D eigenvalue weighted by Crippen LogP contribution is 2.24. The van der Waals surface area contributed by atoms with Crippen LogP contribution in [0.1, 0.15) is 5.56 Å². The van der Waals surface area contributed by atoms with E-state index in [0.717, 1.165) is 5.56 Å². The molecule has 2 aromatic rings. The standard InChI is InChI=1S/C12H11ClN4/c1-15-7-8-4-5-10(17-12(8)14)11-9(13)3-2-6-16-11/h2-7H,1H3,(H2,14,17). The molecule has 0 bridgehead atoms. The largest absolute Gasteiger partial charge is 0.383 e. The van der Waals surface area contributed by atoms with Gasteiger partial charge in [-0.15, -0.1) is 0 Å². The maximum Gasteiger partial charge on any atom is 0.132 e. The molecule has 4 nitrogen and oxygen atoms in total. The Morgan fingerprint density at radius 2 is 2.18 bits per heavy atom. The number of aromatic nitrogens is 2. The summed E-state index contributed by atoms with van der Waals surface area (Å²) in [7, 11) is 1.68. The Balaban J connectivity index is 2.48. The van der Waals surface area contributed by atoms with E-state index < -0.39 is 0 Å². The highest BCUT2D eigenvalue weighted by molar-refractivity contribution is 6.32. The molecule has 2 rings (SSSR count). The third-order valence-corrected chi connectivity index (χ3v) is 2.53. The van der Waals surface area contributed by atoms with Gasteiger partial charge in [0.25, 0.3) is 0 Å². The van der Waals surface area contributed by atoms with E-state index in [9.17, 15) is 0 Å². The van der Waals surface area contributed by atoms with Gasteiger partial charge in [-0.2, -0.15) is 0 Å². The summed E-state index contributed by atoms with van der Waals surface area (Å²) in [5.41, 5.74) is 7.88. The molecule has 2 aromatic heterocycles. The molecular weight excluding hydrogens is 236 g/mol. The van der Waals surface area contributed by atoms with Crippen LogP contribution in [0.15, 0.2) is 35.5 Å². The molecule has 0 fully saturated rings. The van der Waals surface area contributed by atoms with Crippen molar-refractivity contribution in [2.45, 2.75) is 0 Å². The smallest absolute Gasteiger partial charge is 0.132 e. The molecule has 0 atom stereocenters. The zero-order valence-corrected chi connectivity index (χ0v) is 10.0. The average Bonchev–Trinajstić information content (AvgIpc) is 2.33. The molecular formula is C12H11ClN4. The van der Waals surface area contributed by atoms with Crippen LogP contribution in [0.3, 0.4) is 0 Å². The Bertz CT molecular complexity index is 566. The van der Waals surface area contributed by atoms with Gasteiger partial charge in [0.1, 0.15) is 11.5 Å². The first-order valence-electron chi connectivity index (χ1n) is 5.02. The van der Waals surface area contributed by atoms with Gasteiger partial charge in [0.05, 0.1) is 10.7 Å². The molecule has 0 aliphatic carbocycles. The molecule has 0 aromatic carbocycles. The lowest BCUT2D eigenvalue weighted by Gasteiger charge is -2.05. The van der Waals surface area contributed by atoms with Crippen LogP contribution in [-0.4, -0.2) is 23.2 Å². The summed E-state index contributed by atoms with van der Waals surface area (Å²) < 4.78 is 0. The van der Waals surface area contributed by atoms with Gasteiger partial charge in [-0.25, -0.2) is 4.98 Å². The maximum atomic E-state index is 6.04. The van der Waals surface area contributed by atoms with Crippen molar-refractivity contribution in [2.24, 2.45) is 4.99 Å². The van der Waals surface area contributed by atoms with Crippen molar-refractivity contribution in [1.29, 1.82) is 0 Å². The van der Waals surface area contributed by atoms with E-state index in [1.54, 1.807) is 31.6 Å². The Morgan fingerprint density at radius 1 is 1.35 bits per heavy atom. The van der Waals surface area contributed by atoms with Crippen molar-refractivity contribution in [3.05, 3.63) is 41.0 Å². The molecule has 0 spiro atoms. The molecule has 2 heterocycles. The molecule has 0 aliphatic rings. The molecule has 0 radical (unpaired) electrons. The fourth-order valence-electron chi connectivity index (χ4n) is 1.44. The first-order valence-corrected chi connectivity index (χ1v) is 5.39. The summed E-state index contributed by atoms with van der Waals surface area (Å²) in [4.78, 5) is 12.3. The number of anilines is 1. The van der Waals surface area contributed by atoms with Crippen LogP contribution < -0.4 is 5.73 Å². The normalized spacial score (nSPS) is 10.9. The highest BCUT2D eigenvalue weighted by Gasteiger charge is 2.07. The van der Waals surface area contributed by atoms with E-state index in [0.29, 0.717) is 22.2 Å². The van der Waals surface area contributed by atoms with Gasteiger partial charge in [-0.3, -0.25) is 9.98 Å². The molecule has 0 saturated carbocycles. The topological polar surface area (TPSA) is 64.2 Å². The Hall–Kier alpha value is -1.94. The van der Waals surface area contributed by atoms with Crippen LogP contribution in [0.4, 0.5) is 5.82 Å². The number of hydrogen-bond acceptors (Lipinski definition) is 4. The molecule has 86 valence electrons. The fourth-order valence-corrected chi connectivity index (χ4v) is 1.66. The van der Waals surface area contributed by atoms with Gasteiger partial charge >= 0.3 is 0 Å². The number of aliphatic imine (C=N–C) groups is 1. The SMILES string of the molecule is CN=Cc1ccc(-c2ncccc2Cl)nc1N. The number of rotatable bonds is 2. The molecule has 0 unspecified atom stereocenters. The van der Waals surface area contributed by atoms with Crippen LogP contribution in [-0.2, 0) is 0 Å². The van der Waals surface area contributed by atoms with E-state index in [2.05, 4.69) is 15.0 Å². The fraction of sp³-hybridized carbons (Fsp3) is 0.0833. The maximum absolute atomic E-state index is 6.04. The first kappa shape index (κ1) is 11.5. The van der Waals surface area contributed by atoms with Gasteiger partial charge in [-0.1, -0.05) is 11.6 Å². The quantitative estimate of drug-likeness (QED) is 0.828. The highest BCUT2D eigenvalue weighted by atomic mass is 35.5. The summed E-state index contributed by atoms with van der Waals surface area (Å²) in [5, 5.41) is 0.552. The van der Waals surface area contributed by atoms with Crippen LogP contribution in [0.2, 0.25) is 5.02 Å². The zero-order valence-electron chi connectivity index (χ0n) is 9.26. The number of nitrogen functional groups attached to an aromatic ring is 1. The molecule has 17 heavy (non-hydrogen) atoms. The summed E-state index contributed by atoms with van der Waals surface area (Å²) in [6.07, 6.45) is 3.33. The van der Waals surface area contributed by atoms with Gasteiger partial charge in [0.2, 0.25) is 0 Å². The predicted octanol–water partition coefficient (Wildman–Crippen LogP) is 2.43. The second-order valence-corrected chi connectivity index (χ2v) is 3.80. The van der Waals surface area contributed by atoms with E-state index in [1.165, 1.54) is 0 Å². The zero-order chi connectivity index (χ0) is 12.3. The number of pyridine rings is 2. The van der Waals surface area contributed by atoms with Gasteiger partial charge in [0.15, 0.2) is 0 Å². The summed E-state index contributed by atoms with van der Waals surface area (Å²) in [6, 6.07) is 7.20. The van der Waals surface area contributed by atoms with Crippen LogP contribution in [0.5, 0.6) is 0 Å². The predicted molar refractivity (Wildman–Crippen MR) is 70.4 cm³/mol. The van der Waals surface area contributed by atoms with E-state index >= 15 is 0 Å². The molecule has 2 N–H and O–H groups in total. The Morgan fingerprint density at radius 3 is 2.82 bits per heavy atom. The number of halogens is 1. The lowest BCUT2D eigenvalue weighted by molar-refractivity contribution is 1.25. The van der Waals surface area contributed by atoms with Crippen molar-refractivity contribution >= 4 is 23.6 Å². The van der Waals surface area contributed by atoms with Crippen molar-refractivity contribution in [2.75, 3.05) is 12.8 Å².